The molecule has 255 valence electrons. The van der Waals surface area contributed by atoms with Crippen LogP contribution >= 0.6 is 11.3 Å². The molecular weight excluding hydrogens is 787 g/mol. The average molecular weight is 838 g/mol. The molecule has 0 amide bonds. The second kappa shape index (κ2) is 16.8. The third-order valence-electron chi connectivity index (χ3n) is 10.1. The molecule has 1 N–H and O–H groups in total. The van der Waals surface area contributed by atoms with Crippen LogP contribution in [0.1, 0.15) is 85.3 Å². The molecule has 5 aromatic rings. The number of nitrogens with zero attached hydrogens (tertiary/aromatic N) is 1. The largest absolute Gasteiger partial charge is 0.512 e. The van der Waals surface area contributed by atoms with E-state index in [-0.39, 0.29) is 42.5 Å². The molecule has 0 unspecified atom stereocenters. The zero-order valence-electron chi connectivity index (χ0n) is 30.9. The van der Waals surface area contributed by atoms with Crippen LogP contribution in [0.25, 0.3) is 42.9 Å². The van der Waals surface area contributed by atoms with E-state index in [4.69, 9.17) is 1.37 Å². The van der Waals surface area contributed by atoms with Crippen molar-refractivity contribution in [2.45, 2.75) is 88.0 Å². The summed E-state index contributed by atoms with van der Waals surface area (Å²) in [5.74, 6) is 0.286. The van der Waals surface area contributed by atoms with Crippen LogP contribution in [-0.2, 0) is 24.9 Å². The number of thiophene rings is 1. The zero-order chi connectivity index (χ0) is 35.2. The molecule has 0 saturated heterocycles. The van der Waals surface area contributed by atoms with Crippen LogP contribution in [-0.4, -0.2) is 15.9 Å². The predicted octanol–water partition coefficient (Wildman–Crippen LogP) is 12.7. The number of rotatable bonds is 10. The van der Waals surface area contributed by atoms with Crippen LogP contribution in [0.15, 0.2) is 90.8 Å². The normalized spacial score (nSPS) is 12.2. The first-order valence-corrected chi connectivity index (χ1v) is 17.6. The molecule has 3 aromatic carbocycles. The Morgan fingerprint density at radius 2 is 1.42 bits per heavy atom. The van der Waals surface area contributed by atoms with Gasteiger partial charge in [-0.15, -0.1) is 46.2 Å². The van der Waals surface area contributed by atoms with Gasteiger partial charge in [-0.2, -0.15) is 0 Å². The first-order valence-electron chi connectivity index (χ1n) is 17.3. The molecule has 2 aromatic heterocycles. The number of hydrogen-bond acceptors (Lipinski definition) is 4. The van der Waals surface area contributed by atoms with Gasteiger partial charge in [0.2, 0.25) is 0 Å². The third-order valence-corrected chi connectivity index (χ3v) is 11.4. The van der Waals surface area contributed by atoms with Crippen molar-refractivity contribution in [1.82, 2.24) is 4.98 Å². The fourth-order valence-electron chi connectivity index (χ4n) is 5.70. The minimum absolute atomic E-state index is 0. The Bertz CT molecular complexity index is 1880. The summed E-state index contributed by atoms with van der Waals surface area (Å²) in [5, 5.41) is 11.2. The van der Waals surface area contributed by atoms with E-state index in [9.17, 15) is 9.90 Å². The maximum atomic E-state index is 12.2. The molecule has 0 fully saturated rings. The number of carbonyl (C=O) groups is 1. The first-order chi connectivity index (χ1) is 22.8. The Balaban J connectivity index is 0.000000312. The molecule has 2 heterocycles. The molecule has 0 aliphatic heterocycles. The first kappa shape index (κ1) is 37.4. The number of ketones is 1. The van der Waals surface area contributed by atoms with Crippen molar-refractivity contribution in [1.29, 1.82) is 0 Å². The van der Waals surface area contributed by atoms with Crippen molar-refractivity contribution >= 4 is 27.2 Å². The van der Waals surface area contributed by atoms with Crippen molar-refractivity contribution in [3.63, 3.8) is 0 Å². The molecule has 0 aliphatic rings. The molecule has 3 nitrogen and oxygen atoms in total. The molecule has 1 radical (unpaired) electrons. The van der Waals surface area contributed by atoms with Gasteiger partial charge in [0.15, 0.2) is 5.78 Å². The zero-order valence-corrected chi connectivity index (χ0v) is 33.1. The van der Waals surface area contributed by atoms with Crippen molar-refractivity contribution in [2.24, 2.45) is 10.8 Å². The summed E-state index contributed by atoms with van der Waals surface area (Å²) in [6.45, 7) is 18.4. The number of hydrogen-bond donors (Lipinski definition) is 1. The van der Waals surface area contributed by atoms with Crippen LogP contribution in [0.2, 0.25) is 0 Å². The number of pyridine rings is 1. The van der Waals surface area contributed by atoms with Gasteiger partial charge in [0, 0.05) is 58.5 Å². The molecule has 0 saturated carbocycles. The summed E-state index contributed by atoms with van der Waals surface area (Å²) in [6, 6.07) is 28.7. The molecule has 0 bridgehead atoms. The van der Waals surface area contributed by atoms with Gasteiger partial charge in [0.1, 0.15) is 5.76 Å². The minimum Gasteiger partial charge on any atom is -0.512 e. The summed E-state index contributed by atoms with van der Waals surface area (Å²) in [7, 11) is 0. The van der Waals surface area contributed by atoms with Crippen LogP contribution < -0.4 is 0 Å². The smallest absolute Gasteiger partial charge is 0.164 e. The number of carbonyl (C=O) groups excluding carboxylic acids is 1. The number of aryl methyl sites for hydroxylation is 3. The SMILES string of the molecule is CCC(C)(CC)C(=O)/C=C(\O)C(C)(CC)CC.[2H]c1cc2c(C)c(-c3ccc(-c4ccccc4)cc3)sc2c(-c2[c-]c(C)cc(C)c2)n1.[Ir]. The monoisotopic (exact) mass is 838 g/mol. The van der Waals surface area contributed by atoms with Gasteiger partial charge < -0.3 is 10.1 Å². The van der Waals surface area contributed by atoms with Gasteiger partial charge in [-0.3, -0.25) is 4.79 Å². The van der Waals surface area contributed by atoms with Crippen molar-refractivity contribution in [3.05, 3.63) is 114 Å². The molecule has 48 heavy (non-hydrogen) atoms. The molecule has 0 spiro atoms. The predicted molar refractivity (Wildman–Crippen MR) is 202 cm³/mol. The summed E-state index contributed by atoms with van der Waals surface area (Å²) < 4.78 is 9.41. The molecule has 5 heteroatoms. The minimum atomic E-state index is -0.337. The summed E-state index contributed by atoms with van der Waals surface area (Å²) in [5.41, 5.74) is 8.31. The quantitative estimate of drug-likeness (QED) is 0.0866. The Labute approximate surface area is 307 Å². The van der Waals surface area contributed by atoms with Crippen molar-refractivity contribution in [2.75, 3.05) is 0 Å². The van der Waals surface area contributed by atoms with E-state index in [0.717, 1.165) is 52.6 Å². The van der Waals surface area contributed by atoms with Gasteiger partial charge in [0.25, 0.3) is 0 Å². The van der Waals surface area contributed by atoms with Crippen molar-refractivity contribution in [3.8, 4) is 32.8 Å². The average Bonchev–Trinajstić information content (AvgIpc) is 3.42. The number of benzene rings is 3. The van der Waals surface area contributed by atoms with Crippen LogP contribution in [0, 0.1) is 37.7 Å². The second-order valence-corrected chi connectivity index (χ2v) is 14.2. The van der Waals surface area contributed by atoms with E-state index in [1.807, 2.05) is 53.7 Å². The van der Waals surface area contributed by atoms with Crippen molar-refractivity contribution < 1.29 is 31.4 Å². The van der Waals surface area contributed by atoms with Gasteiger partial charge in [-0.05, 0) is 66.3 Å². The number of fused-ring (bicyclic) bond motifs is 1. The Kier molecular flexibility index (Phi) is 13.1. The van der Waals surface area contributed by atoms with E-state index in [1.54, 1.807) is 11.3 Å². The van der Waals surface area contributed by atoms with E-state index >= 15 is 0 Å². The van der Waals surface area contributed by atoms with E-state index < -0.39 is 0 Å². The summed E-state index contributed by atoms with van der Waals surface area (Å²) >= 11 is 1.75. The molecule has 5 rings (SSSR count). The third kappa shape index (κ3) is 8.61. The fraction of sp³-hybridized carbons (Fsp3) is 0.349. The number of aliphatic hydroxyl groups excluding tert-OH is 1. The van der Waals surface area contributed by atoms with Crippen LogP contribution in [0.5, 0.6) is 0 Å². The maximum Gasteiger partial charge on any atom is 0.164 e. The van der Waals surface area contributed by atoms with Gasteiger partial charge in [-0.25, -0.2) is 0 Å². The van der Waals surface area contributed by atoms with Gasteiger partial charge in [0.05, 0.1) is 1.37 Å². The number of aromatic nitrogens is 1. The second-order valence-electron chi connectivity index (χ2n) is 13.2. The Morgan fingerprint density at radius 1 is 0.854 bits per heavy atom. The van der Waals surface area contributed by atoms with Gasteiger partial charge in [-0.1, -0.05) is 110 Å². The fourth-order valence-corrected chi connectivity index (χ4v) is 6.99. The Morgan fingerprint density at radius 3 is 1.98 bits per heavy atom. The summed E-state index contributed by atoms with van der Waals surface area (Å²) in [6.07, 6.45) is 5.05. The van der Waals surface area contributed by atoms with Crippen LogP contribution in [0.3, 0.4) is 0 Å². The van der Waals surface area contributed by atoms with E-state index in [0.29, 0.717) is 6.17 Å². The molecular formula is C43H50IrNO2S-. The number of aliphatic hydroxyl groups is 1. The van der Waals surface area contributed by atoms with E-state index in [1.165, 1.54) is 38.8 Å². The van der Waals surface area contributed by atoms with E-state index in [2.05, 4.69) is 92.5 Å². The standard InChI is InChI=1S/C28H22NS.C15H28O2.Ir/c1-18-15-19(2)17-24(16-18)26-28-25(13-14-29-26)20(3)27(30-28)23-11-9-22(10-12-23)21-7-5-4-6-8-21;1-7-14(5,8-2)12(16)11-13(17)15(6,9-3)10-4;/h4-16H,1-3H3;11,16H,7-10H2,1-6H3;/q-1;;/b;12-11-;/i14D;;. The molecule has 0 atom stereocenters. The number of allylic oxidation sites excluding steroid dienone is 2. The molecule has 0 aliphatic carbocycles. The van der Waals surface area contributed by atoms with Gasteiger partial charge >= 0.3 is 0 Å². The topological polar surface area (TPSA) is 50.2 Å². The maximum absolute atomic E-state index is 12.2. The summed E-state index contributed by atoms with van der Waals surface area (Å²) in [4.78, 5) is 18.0. The van der Waals surface area contributed by atoms with Crippen LogP contribution in [0.4, 0.5) is 0 Å². The Hall–Kier alpha value is -3.37.